The minimum absolute atomic E-state index is 0.0380. The van der Waals surface area contributed by atoms with E-state index >= 15 is 0 Å². The normalized spacial score (nSPS) is 25.1. The summed E-state index contributed by atoms with van der Waals surface area (Å²) in [7, 11) is 0. The molecule has 0 saturated carbocycles. The molecule has 2 saturated heterocycles. The summed E-state index contributed by atoms with van der Waals surface area (Å²) in [4.78, 5) is 32.8. The molecule has 0 spiro atoms. The van der Waals surface area contributed by atoms with Crippen LogP contribution in [-0.2, 0) is 13.0 Å². The number of rotatable bonds is 1. The van der Waals surface area contributed by atoms with Gasteiger partial charge in [-0.3, -0.25) is 14.2 Å². The smallest absolute Gasteiger partial charge is 0.261 e. The highest BCUT2D eigenvalue weighted by molar-refractivity contribution is 5.97. The van der Waals surface area contributed by atoms with Crippen molar-refractivity contribution in [3.63, 3.8) is 0 Å². The third-order valence-corrected chi connectivity index (χ3v) is 6.87. The van der Waals surface area contributed by atoms with Crippen LogP contribution >= 0.6 is 0 Å². The first-order chi connectivity index (χ1) is 13.7. The number of amides is 1. The average molecular weight is 380 g/mol. The van der Waals surface area contributed by atoms with E-state index in [-0.39, 0.29) is 11.5 Å². The van der Waals surface area contributed by atoms with Crippen molar-refractivity contribution in [2.75, 3.05) is 26.2 Å². The third-order valence-electron chi connectivity index (χ3n) is 6.87. The molecular formula is C22H28N4O2. The lowest BCUT2D eigenvalue weighted by Gasteiger charge is -2.21. The molecule has 3 aliphatic heterocycles. The predicted octanol–water partition coefficient (Wildman–Crippen LogP) is 2.19. The van der Waals surface area contributed by atoms with Crippen molar-refractivity contribution in [3.8, 4) is 0 Å². The lowest BCUT2D eigenvalue weighted by molar-refractivity contribution is 0.0758. The molecule has 5 rings (SSSR count). The molecule has 28 heavy (non-hydrogen) atoms. The molecule has 0 bridgehead atoms. The molecule has 0 radical (unpaired) electrons. The zero-order chi connectivity index (χ0) is 19.1. The van der Waals surface area contributed by atoms with Crippen LogP contribution in [0.15, 0.2) is 23.0 Å². The topological polar surface area (TPSA) is 67.2 Å². The van der Waals surface area contributed by atoms with Gasteiger partial charge in [0.2, 0.25) is 0 Å². The number of hydrogen-bond donors (Lipinski definition) is 1. The molecule has 1 aromatic carbocycles. The van der Waals surface area contributed by atoms with E-state index in [1.165, 1.54) is 0 Å². The first-order valence-electron chi connectivity index (χ1n) is 10.7. The highest BCUT2D eigenvalue weighted by Gasteiger charge is 2.31. The quantitative estimate of drug-likeness (QED) is 0.824. The molecule has 148 valence electrons. The molecular weight excluding hydrogens is 352 g/mol. The predicted molar refractivity (Wildman–Crippen MR) is 109 cm³/mol. The summed E-state index contributed by atoms with van der Waals surface area (Å²) in [6.07, 6.45) is 6.22. The first kappa shape index (κ1) is 17.9. The standard InChI is InChI=1S/C22H28N4O2/c27-21(25-10-7-16-13-23-14-17(16)8-11-25)15-5-6-18-19(12-15)24-20-4-2-1-3-9-26(20)22(18)28/h5-6,12,16-17,23H,1-4,7-11,13-14H2/t16-,17+. The Morgan fingerprint density at radius 3 is 2.61 bits per heavy atom. The van der Waals surface area contributed by atoms with Crippen LogP contribution in [-0.4, -0.2) is 46.5 Å². The molecule has 2 atom stereocenters. The van der Waals surface area contributed by atoms with Gasteiger partial charge in [-0.25, -0.2) is 4.98 Å². The molecule has 1 amide bonds. The molecule has 2 fully saturated rings. The number of nitrogens with zero attached hydrogens (tertiary/aromatic N) is 3. The second-order valence-electron chi connectivity index (χ2n) is 8.58. The zero-order valence-corrected chi connectivity index (χ0v) is 16.3. The van der Waals surface area contributed by atoms with Crippen LogP contribution < -0.4 is 10.9 Å². The van der Waals surface area contributed by atoms with E-state index in [4.69, 9.17) is 4.98 Å². The lowest BCUT2D eigenvalue weighted by atomic mass is 9.92. The average Bonchev–Trinajstić information content (AvgIpc) is 2.90. The Hall–Kier alpha value is -2.21. The van der Waals surface area contributed by atoms with Crippen LogP contribution in [0.5, 0.6) is 0 Å². The van der Waals surface area contributed by atoms with Crippen LogP contribution in [0.25, 0.3) is 10.9 Å². The summed E-state index contributed by atoms with van der Waals surface area (Å²) < 4.78 is 1.83. The Kier molecular flexibility index (Phi) is 4.67. The molecule has 6 nitrogen and oxygen atoms in total. The van der Waals surface area contributed by atoms with Crippen LogP contribution in [0.3, 0.4) is 0 Å². The molecule has 2 aromatic rings. The van der Waals surface area contributed by atoms with Gasteiger partial charge in [0.25, 0.3) is 11.5 Å². The van der Waals surface area contributed by atoms with Crippen LogP contribution in [0.1, 0.15) is 48.3 Å². The largest absolute Gasteiger partial charge is 0.339 e. The van der Waals surface area contributed by atoms with Gasteiger partial charge >= 0.3 is 0 Å². The molecule has 0 unspecified atom stereocenters. The molecule has 3 aliphatic rings. The maximum absolute atomic E-state index is 13.1. The number of benzene rings is 1. The molecule has 4 heterocycles. The number of fused-ring (bicyclic) bond motifs is 3. The van der Waals surface area contributed by atoms with Crippen molar-refractivity contribution in [2.24, 2.45) is 11.8 Å². The highest BCUT2D eigenvalue weighted by atomic mass is 16.2. The van der Waals surface area contributed by atoms with Gasteiger partial charge in [-0.2, -0.15) is 0 Å². The number of aryl methyl sites for hydroxylation is 1. The van der Waals surface area contributed by atoms with Crippen molar-refractivity contribution in [1.82, 2.24) is 19.8 Å². The second-order valence-corrected chi connectivity index (χ2v) is 8.58. The Morgan fingerprint density at radius 1 is 1.04 bits per heavy atom. The molecule has 1 aromatic heterocycles. The van der Waals surface area contributed by atoms with Crippen LogP contribution in [0, 0.1) is 11.8 Å². The SMILES string of the molecule is O=C(c1ccc2c(=O)n3c(nc2c1)CCCCC3)N1CC[C@@H]2CNC[C@@H]2CC1. The lowest BCUT2D eigenvalue weighted by Crippen LogP contribution is -2.33. The van der Waals surface area contributed by atoms with Gasteiger partial charge in [0.1, 0.15) is 5.82 Å². The fraction of sp³-hybridized carbons (Fsp3) is 0.591. The zero-order valence-electron chi connectivity index (χ0n) is 16.3. The van der Waals surface area contributed by atoms with Gasteiger partial charge in [-0.15, -0.1) is 0 Å². The van der Waals surface area contributed by atoms with Gasteiger partial charge < -0.3 is 10.2 Å². The second kappa shape index (κ2) is 7.32. The Labute approximate surface area is 164 Å². The number of hydrogen-bond acceptors (Lipinski definition) is 4. The molecule has 6 heteroatoms. The Morgan fingerprint density at radius 2 is 1.82 bits per heavy atom. The number of aromatic nitrogens is 2. The molecule has 0 aliphatic carbocycles. The van der Waals surface area contributed by atoms with Crippen LogP contribution in [0.4, 0.5) is 0 Å². The third kappa shape index (κ3) is 3.13. The van der Waals surface area contributed by atoms with Crippen molar-refractivity contribution in [1.29, 1.82) is 0 Å². The number of nitrogens with one attached hydrogen (secondary N) is 1. The number of likely N-dealkylation sites (tertiary alicyclic amines) is 1. The van der Waals surface area contributed by atoms with E-state index in [2.05, 4.69) is 5.32 Å². The van der Waals surface area contributed by atoms with E-state index in [9.17, 15) is 9.59 Å². The minimum atomic E-state index is 0.0380. The van der Waals surface area contributed by atoms with E-state index in [1.807, 2.05) is 21.6 Å². The van der Waals surface area contributed by atoms with Gasteiger partial charge in [0, 0.05) is 31.6 Å². The number of carbonyl (C=O) groups is 1. The van der Waals surface area contributed by atoms with Gasteiger partial charge in [0.15, 0.2) is 0 Å². The maximum atomic E-state index is 13.1. The van der Waals surface area contributed by atoms with Gasteiger partial charge in [-0.05, 0) is 68.8 Å². The van der Waals surface area contributed by atoms with Gasteiger partial charge in [-0.1, -0.05) is 6.42 Å². The Bertz CT molecular complexity index is 953. The van der Waals surface area contributed by atoms with E-state index < -0.39 is 0 Å². The fourth-order valence-electron chi connectivity index (χ4n) is 5.16. The van der Waals surface area contributed by atoms with Crippen molar-refractivity contribution in [2.45, 2.75) is 45.1 Å². The summed E-state index contributed by atoms with van der Waals surface area (Å²) in [6, 6.07) is 5.44. The first-order valence-corrected chi connectivity index (χ1v) is 10.7. The molecule has 1 N–H and O–H groups in total. The summed E-state index contributed by atoms with van der Waals surface area (Å²) >= 11 is 0. The fourth-order valence-corrected chi connectivity index (χ4v) is 5.16. The van der Waals surface area contributed by atoms with Crippen molar-refractivity contribution >= 4 is 16.8 Å². The van der Waals surface area contributed by atoms with E-state index in [0.29, 0.717) is 28.3 Å². The van der Waals surface area contributed by atoms with Crippen LogP contribution in [0.2, 0.25) is 0 Å². The summed E-state index contributed by atoms with van der Waals surface area (Å²) in [6.45, 7) is 4.56. The highest BCUT2D eigenvalue weighted by Crippen LogP contribution is 2.28. The van der Waals surface area contributed by atoms with E-state index in [1.54, 1.807) is 6.07 Å². The number of carbonyl (C=O) groups excluding carboxylic acids is 1. The van der Waals surface area contributed by atoms with E-state index in [0.717, 1.165) is 77.1 Å². The monoisotopic (exact) mass is 380 g/mol. The minimum Gasteiger partial charge on any atom is -0.339 e. The summed E-state index contributed by atoms with van der Waals surface area (Å²) in [5.41, 5.74) is 1.36. The Balaban J connectivity index is 1.44. The maximum Gasteiger partial charge on any atom is 0.261 e. The summed E-state index contributed by atoms with van der Waals surface area (Å²) in [5.74, 6) is 2.35. The van der Waals surface area contributed by atoms with Gasteiger partial charge in [0.05, 0.1) is 10.9 Å². The summed E-state index contributed by atoms with van der Waals surface area (Å²) in [5, 5.41) is 4.10. The van der Waals surface area contributed by atoms with Crippen molar-refractivity contribution in [3.05, 3.63) is 39.9 Å². The van der Waals surface area contributed by atoms with Crippen molar-refractivity contribution < 1.29 is 4.79 Å².